The SMILES string of the molecule is CC[C@@H](C)NC(=O)[C@H](Cc1ccccc1)N(Cc1ccccc1F)C(=O)COc1cccc2ccccc12. The number of rotatable bonds is 11. The summed E-state index contributed by atoms with van der Waals surface area (Å²) >= 11 is 0. The van der Waals surface area contributed by atoms with Gasteiger partial charge in [0, 0.05) is 30.0 Å². The predicted molar refractivity (Wildman–Crippen MR) is 148 cm³/mol. The quantitative estimate of drug-likeness (QED) is 0.272. The lowest BCUT2D eigenvalue weighted by Gasteiger charge is -2.32. The van der Waals surface area contributed by atoms with E-state index in [9.17, 15) is 14.0 Å². The van der Waals surface area contributed by atoms with Crippen LogP contribution in [0.2, 0.25) is 0 Å². The van der Waals surface area contributed by atoms with Crippen molar-refractivity contribution in [1.82, 2.24) is 10.2 Å². The zero-order chi connectivity index (χ0) is 26.9. The second-order valence-electron chi connectivity index (χ2n) is 9.40. The number of ether oxygens (including phenoxy) is 1. The Bertz CT molecular complexity index is 1370. The Kier molecular flexibility index (Phi) is 9.09. The fourth-order valence-electron chi connectivity index (χ4n) is 4.35. The summed E-state index contributed by atoms with van der Waals surface area (Å²) in [5.41, 5.74) is 1.23. The molecule has 4 aromatic carbocycles. The lowest BCUT2D eigenvalue weighted by Crippen LogP contribution is -2.53. The number of fused-ring (bicyclic) bond motifs is 1. The van der Waals surface area contributed by atoms with Gasteiger partial charge in [-0.15, -0.1) is 0 Å². The number of halogens is 1. The van der Waals surface area contributed by atoms with Gasteiger partial charge >= 0.3 is 0 Å². The van der Waals surface area contributed by atoms with Crippen molar-refractivity contribution in [3.05, 3.63) is 114 Å². The summed E-state index contributed by atoms with van der Waals surface area (Å²) in [5.74, 6) is -0.536. The molecule has 1 N–H and O–H groups in total. The third-order valence-corrected chi connectivity index (χ3v) is 6.67. The molecule has 0 saturated heterocycles. The zero-order valence-corrected chi connectivity index (χ0v) is 21.8. The van der Waals surface area contributed by atoms with Crippen LogP contribution in [-0.4, -0.2) is 35.4 Å². The summed E-state index contributed by atoms with van der Waals surface area (Å²) in [4.78, 5) is 28.7. The largest absolute Gasteiger partial charge is 0.483 e. The van der Waals surface area contributed by atoms with Gasteiger partial charge in [0.05, 0.1) is 0 Å². The molecule has 0 aromatic heterocycles. The van der Waals surface area contributed by atoms with E-state index in [1.165, 1.54) is 11.0 Å². The smallest absolute Gasteiger partial charge is 0.261 e. The van der Waals surface area contributed by atoms with Crippen LogP contribution < -0.4 is 10.1 Å². The summed E-state index contributed by atoms with van der Waals surface area (Å²) in [6.07, 6.45) is 1.03. The van der Waals surface area contributed by atoms with Crippen LogP contribution in [0.4, 0.5) is 4.39 Å². The maximum Gasteiger partial charge on any atom is 0.261 e. The molecule has 0 unspecified atom stereocenters. The van der Waals surface area contributed by atoms with E-state index >= 15 is 0 Å². The van der Waals surface area contributed by atoms with E-state index < -0.39 is 17.8 Å². The number of hydrogen-bond donors (Lipinski definition) is 1. The molecule has 4 aromatic rings. The first-order valence-corrected chi connectivity index (χ1v) is 12.9. The Labute approximate surface area is 223 Å². The summed E-state index contributed by atoms with van der Waals surface area (Å²) in [7, 11) is 0. The molecule has 5 nitrogen and oxygen atoms in total. The molecule has 0 fully saturated rings. The van der Waals surface area contributed by atoms with Crippen molar-refractivity contribution < 1.29 is 18.7 Å². The Morgan fingerprint density at radius 3 is 2.34 bits per heavy atom. The topological polar surface area (TPSA) is 58.6 Å². The second kappa shape index (κ2) is 12.9. The Morgan fingerprint density at radius 1 is 0.895 bits per heavy atom. The zero-order valence-electron chi connectivity index (χ0n) is 21.8. The predicted octanol–water partition coefficient (Wildman–Crippen LogP) is 5.91. The summed E-state index contributed by atoms with van der Waals surface area (Å²) < 4.78 is 20.7. The van der Waals surface area contributed by atoms with Crippen LogP contribution in [0.15, 0.2) is 97.1 Å². The van der Waals surface area contributed by atoms with Crippen molar-refractivity contribution in [1.29, 1.82) is 0 Å². The molecule has 0 bridgehead atoms. The fourth-order valence-corrected chi connectivity index (χ4v) is 4.35. The molecule has 0 saturated carbocycles. The van der Waals surface area contributed by atoms with Gasteiger partial charge in [-0.2, -0.15) is 0 Å². The Balaban J connectivity index is 1.66. The molecule has 4 rings (SSSR count). The van der Waals surface area contributed by atoms with E-state index in [0.29, 0.717) is 11.3 Å². The van der Waals surface area contributed by atoms with Gasteiger partial charge < -0.3 is 15.0 Å². The minimum absolute atomic E-state index is 0.0597. The number of amides is 2. The van der Waals surface area contributed by atoms with Gasteiger partial charge in [0.2, 0.25) is 5.91 Å². The summed E-state index contributed by atoms with van der Waals surface area (Å²) in [6, 6.07) is 28.3. The van der Waals surface area contributed by atoms with Gasteiger partial charge in [0.25, 0.3) is 5.91 Å². The molecule has 0 radical (unpaired) electrons. The summed E-state index contributed by atoms with van der Waals surface area (Å²) in [5, 5.41) is 4.90. The first-order chi connectivity index (χ1) is 18.5. The highest BCUT2D eigenvalue weighted by Gasteiger charge is 2.31. The first-order valence-electron chi connectivity index (χ1n) is 12.9. The molecule has 196 valence electrons. The standard InChI is InChI=1S/C32H33FN2O3/c1-3-23(2)34-32(37)29(20-24-12-5-4-6-13-24)35(21-26-15-8-10-18-28(26)33)31(36)22-38-30-19-11-16-25-14-7-9-17-27(25)30/h4-19,23,29H,3,20-22H2,1-2H3,(H,34,37)/t23-,29+/m1/s1. The fraction of sp³-hybridized carbons (Fsp3) is 0.250. The first kappa shape index (κ1) is 26.9. The molecule has 2 atom stereocenters. The van der Waals surface area contributed by atoms with Crippen LogP contribution in [0.3, 0.4) is 0 Å². The van der Waals surface area contributed by atoms with Crippen molar-refractivity contribution in [3.63, 3.8) is 0 Å². The molecular weight excluding hydrogens is 479 g/mol. The minimum Gasteiger partial charge on any atom is -0.483 e. The Morgan fingerprint density at radius 2 is 1.58 bits per heavy atom. The van der Waals surface area contributed by atoms with Gasteiger partial charge in [-0.05, 0) is 36.4 Å². The van der Waals surface area contributed by atoms with Gasteiger partial charge in [-0.1, -0.05) is 91.9 Å². The number of nitrogens with zero attached hydrogens (tertiary/aromatic N) is 1. The molecule has 0 aliphatic rings. The van der Waals surface area contributed by atoms with E-state index in [4.69, 9.17) is 4.74 Å². The van der Waals surface area contributed by atoms with Gasteiger partial charge in [0.1, 0.15) is 17.6 Å². The molecule has 6 heteroatoms. The lowest BCUT2D eigenvalue weighted by molar-refractivity contribution is -0.143. The van der Waals surface area contributed by atoms with Crippen molar-refractivity contribution in [3.8, 4) is 5.75 Å². The number of carbonyl (C=O) groups excluding carboxylic acids is 2. The van der Waals surface area contributed by atoms with Crippen LogP contribution in [0.5, 0.6) is 5.75 Å². The molecule has 0 aliphatic heterocycles. The number of nitrogens with one attached hydrogen (secondary N) is 1. The third kappa shape index (κ3) is 6.76. The Hall–Kier alpha value is -4.19. The van der Waals surface area contributed by atoms with E-state index in [1.807, 2.05) is 86.6 Å². The summed E-state index contributed by atoms with van der Waals surface area (Å²) in [6.45, 7) is 3.56. The maximum atomic E-state index is 14.7. The molecule has 0 aliphatic carbocycles. The van der Waals surface area contributed by atoms with Crippen molar-refractivity contribution in [2.75, 3.05) is 6.61 Å². The highest BCUT2D eigenvalue weighted by molar-refractivity contribution is 5.90. The molecule has 38 heavy (non-hydrogen) atoms. The maximum absolute atomic E-state index is 14.7. The average molecular weight is 513 g/mol. The van der Waals surface area contributed by atoms with Gasteiger partial charge in [-0.25, -0.2) is 4.39 Å². The normalized spacial score (nSPS) is 12.5. The molecule has 2 amide bonds. The van der Waals surface area contributed by atoms with Crippen LogP contribution in [0, 0.1) is 5.82 Å². The van der Waals surface area contributed by atoms with E-state index in [0.717, 1.165) is 22.8 Å². The molecule has 0 heterocycles. The van der Waals surface area contributed by atoms with E-state index in [1.54, 1.807) is 18.2 Å². The van der Waals surface area contributed by atoms with Crippen molar-refractivity contribution >= 4 is 22.6 Å². The van der Waals surface area contributed by atoms with Crippen LogP contribution >= 0.6 is 0 Å². The second-order valence-corrected chi connectivity index (χ2v) is 9.40. The monoisotopic (exact) mass is 512 g/mol. The van der Waals surface area contributed by atoms with E-state index in [-0.39, 0.29) is 31.5 Å². The number of hydrogen-bond acceptors (Lipinski definition) is 3. The lowest BCUT2D eigenvalue weighted by atomic mass is 10.0. The van der Waals surface area contributed by atoms with E-state index in [2.05, 4.69) is 5.32 Å². The minimum atomic E-state index is -0.852. The molecule has 0 spiro atoms. The number of carbonyl (C=O) groups is 2. The van der Waals surface area contributed by atoms with Gasteiger partial charge in [-0.3, -0.25) is 9.59 Å². The van der Waals surface area contributed by atoms with Crippen LogP contribution in [-0.2, 0) is 22.6 Å². The van der Waals surface area contributed by atoms with Crippen molar-refractivity contribution in [2.45, 2.75) is 45.3 Å². The highest BCUT2D eigenvalue weighted by Crippen LogP contribution is 2.25. The van der Waals surface area contributed by atoms with Gasteiger partial charge in [0.15, 0.2) is 6.61 Å². The highest BCUT2D eigenvalue weighted by atomic mass is 19.1. The van der Waals surface area contributed by atoms with Crippen molar-refractivity contribution in [2.24, 2.45) is 0 Å². The molecular formula is C32H33FN2O3. The van der Waals surface area contributed by atoms with Crippen LogP contribution in [0.1, 0.15) is 31.4 Å². The third-order valence-electron chi connectivity index (χ3n) is 6.67. The number of benzene rings is 4. The average Bonchev–Trinajstić information content (AvgIpc) is 2.94. The van der Waals surface area contributed by atoms with Crippen LogP contribution in [0.25, 0.3) is 10.8 Å².